The van der Waals surface area contributed by atoms with E-state index < -0.39 is 16.2 Å². The van der Waals surface area contributed by atoms with Crippen molar-refractivity contribution in [2.75, 3.05) is 0 Å². The topological polar surface area (TPSA) is 108 Å². The zero-order valence-electron chi connectivity index (χ0n) is 13.6. The fraction of sp³-hybridized carbons (Fsp3) is 0.250. The van der Waals surface area contributed by atoms with Crippen molar-refractivity contribution in [3.05, 3.63) is 63.3 Å². The summed E-state index contributed by atoms with van der Waals surface area (Å²) in [6.07, 6.45) is 5.28. The van der Waals surface area contributed by atoms with Gasteiger partial charge in [-0.3, -0.25) is 19.3 Å². The van der Waals surface area contributed by atoms with Crippen LogP contribution in [0.5, 0.6) is 0 Å². The monoisotopic (exact) mass is 370 g/mol. The Hall–Kier alpha value is -3.01. The van der Waals surface area contributed by atoms with Crippen LogP contribution in [0.3, 0.4) is 0 Å². The lowest BCUT2D eigenvalue weighted by molar-refractivity contribution is -0.389. The lowest BCUT2D eigenvalue weighted by atomic mass is 10.4. The Morgan fingerprint density at radius 3 is 2.88 bits per heavy atom. The SMILES string of the molecule is C=CCn1c(Sc2nc3ccccn3c(=O)c2[N+](=O)[O-])nnc1C1CC1. The third kappa shape index (κ3) is 2.77. The second-order valence-electron chi connectivity index (χ2n) is 5.87. The molecule has 0 spiro atoms. The van der Waals surface area contributed by atoms with Crippen molar-refractivity contribution in [2.45, 2.75) is 35.5 Å². The molecule has 3 heterocycles. The number of aromatic nitrogens is 5. The summed E-state index contributed by atoms with van der Waals surface area (Å²) in [5, 5.41) is 20.3. The molecule has 0 N–H and O–H groups in total. The van der Waals surface area contributed by atoms with E-state index in [1.54, 1.807) is 24.3 Å². The van der Waals surface area contributed by atoms with Crippen LogP contribution in [-0.2, 0) is 6.54 Å². The molecule has 0 saturated heterocycles. The van der Waals surface area contributed by atoms with Gasteiger partial charge in [-0.1, -0.05) is 12.1 Å². The van der Waals surface area contributed by atoms with Crippen LogP contribution in [-0.4, -0.2) is 29.1 Å². The first-order valence-electron chi connectivity index (χ1n) is 7.97. The molecule has 1 aliphatic rings. The van der Waals surface area contributed by atoms with Crippen LogP contribution in [0.1, 0.15) is 24.6 Å². The number of hydrogen-bond donors (Lipinski definition) is 0. The number of hydrogen-bond acceptors (Lipinski definition) is 7. The molecule has 4 rings (SSSR count). The molecule has 1 fully saturated rings. The van der Waals surface area contributed by atoms with Gasteiger partial charge in [-0.05, 0) is 36.7 Å². The maximum Gasteiger partial charge on any atom is 0.366 e. The molecule has 1 aliphatic carbocycles. The molecule has 26 heavy (non-hydrogen) atoms. The van der Waals surface area contributed by atoms with E-state index in [4.69, 9.17) is 0 Å². The molecule has 3 aromatic heterocycles. The van der Waals surface area contributed by atoms with E-state index in [2.05, 4.69) is 21.8 Å². The minimum absolute atomic E-state index is 0.00580. The standard InChI is InChI=1S/C16H14N6O3S/c1-2-8-21-13(10-6-7-10)18-19-16(21)26-14-12(22(24)25)15(23)20-9-4-3-5-11(20)17-14/h2-5,9-10H,1,6-8H2. The molecule has 0 bridgehead atoms. The molecule has 10 heteroatoms. The van der Waals surface area contributed by atoms with Crippen LogP contribution in [0.25, 0.3) is 5.65 Å². The van der Waals surface area contributed by atoms with Crippen molar-refractivity contribution in [2.24, 2.45) is 0 Å². The predicted octanol–water partition coefficient (Wildman–Crippen LogP) is 2.41. The van der Waals surface area contributed by atoms with E-state index in [9.17, 15) is 14.9 Å². The maximum absolute atomic E-state index is 12.5. The molecule has 0 aromatic carbocycles. The average molecular weight is 370 g/mol. The van der Waals surface area contributed by atoms with Crippen molar-refractivity contribution in [3.8, 4) is 0 Å². The lowest BCUT2D eigenvalue weighted by Gasteiger charge is -2.07. The highest BCUT2D eigenvalue weighted by Gasteiger charge is 2.32. The largest absolute Gasteiger partial charge is 0.366 e. The molecule has 132 valence electrons. The summed E-state index contributed by atoms with van der Waals surface area (Å²) in [5.41, 5.74) is -0.956. The quantitative estimate of drug-likeness (QED) is 0.284. The lowest BCUT2D eigenvalue weighted by Crippen LogP contribution is -2.19. The Balaban J connectivity index is 1.85. The number of fused-ring (bicyclic) bond motifs is 1. The Bertz CT molecular complexity index is 1090. The van der Waals surface area contributed by atoms with E-state index in [0.717, 1.165) is 34.8 Å². The Kier molecular flexibility index (Phi) is 4.03. The molecule has 9 nitrogen and oxygen atoms in total. The van der Waals surface area contributed by atoms with Crippen LogP contribution in [0, 0.1) is 10.1 Å². The zero-order valence-corrected chi connectivity index (χ0v) is 14.4. The Morgan fingerprint density at radius 1 is 1.38 bits per heavy atom. The highest BCUT2D eigenvalue weighted by molar-refractivity contribution is 7.99. The highest BCUT2D eigenvalue weighted by Crippen LogP contribution is 2.41. The number of pyridine rings is 1. The fourth-order valence-corrected chi connectivity index (χ4v) is 3.62. The fourth-order valence-electron chi connectivity index (χ4n) is 2.69. The van der Waals surface area contributed by atoms with Gasteiger partial charge < -0.3 is 4.57 Å². The van der Waals surface area contributed by atoms with Crippen molar-refractivity contribution >= 4 is 23.1 Å². The summed E-state index contributed by atoms with van der Waals surface area (Å²) in [6.45, 7) is 4.23. The van der Waals surface area contributed by atoms with Gasteiger partial charge >= 0.3 is 11.2 Å². The zero-order chi connectivity index (χ0) is 18.3. The van der Waals surface area contributed by atoms with Crippen LogP contribution < -0.4 is 5.56 Å². The minimum atomic E-state index is -0.722. The first kappa shape index (κ1) is 16.5. The normalized spacial score (nSPS) is 13.8. The van der Waals surface area contributed by atoms with Crippen molar-refractivity contribution < 1.29 is 4.92 Å². The Morgan fingerprint density at radius 2 is 2.19 bits per heavy atom. The molecule has 0 aliphatic heterocycles. The first-order valence-corrected chi connectivity index (χ1v) is 8.79. The smallest absolute Gasteiger partial charge is 0.302 e. The molecule has 0 amide bonds. The van der Waals surface area contributed by atoms with E-state index >= 15 is 0 Å². The Labute approximate surface area is 151 Å². The second kappa shape index (κ2) is 6.37. The van der Waals surface area contributed by atoms with Gasteiger partial charge in [-0.2, -0.15) is 0 Å². The van der Waals surface area contributed by atoms with Gasteiger partial charge in [0.15, 0.2) is 10.2 Å². The van der Waals surface area contributed by atoms with Crippen molar-refractivity contribution in [1.82, 2.24) is 24.1 Å². The molecule has 1 saturated carbocycles. The molecular formula is C16H14N6O3S. The summed E-state index contributed by atoms with van der Waals surface area (Å²) >= 11 is 0.980. The number of nitrogens with zero attached hydrogens (tertiary/aromatic N) is 6. The van der Waals surface area contributed by atoms with Gasteiger partial charge in [0.25, 0.3) is 0 Å². The van der Waals surface area contributed by atoms with Crippen LogP contribution in [0.4, 0.5) is 5.69 Å². The van der Waals surface area contributed by atoms with Crippen molar-refractivity contribution in [3.63, 3.8) is 0 Å². The van der Waals surface area contributed by atoms with Crippen molar-refractivity contribution in [1.29, 1.82) is 0 Å². The number of rotatable bonds is 6. The molecule has 0 unspecified atom stereocenters. The van der Waals surface area contributed by atoms with Crippen LogP contribution in [0.2, 0.25) is 0 Å². The summed E-state index contributed by atoms with van der Waals surface area (Å²) in [4.78, 5) is 27.6. The number of nitro groups is 1. The highest BCUT2D eigenvalue weighted by atomic mass is 32.2. The van der Waals surface area contributed by atoms with E-state index in [-0.39, 0.29) is 5.03 Å². The third-order valence-electron chi connectivity index (χ3n) is 4.05. The first-order chi connectivity index (χ1) is 12.6. The summed E-state index contributed by atoms with van der Waals surface area (Å²) in [7, 11) is 0. The van der Waals surface area contributed by atoms with Gasteiger partial charge in [-0.25, -0.2) is 4.98 Å². The summed E-state index contributed by atoms with van der Waals surface area (Å²) < 4.78 is 3.03. The van der Waals surface area contributed by atoms with E-state index in [0.29, 0.717) is 23.3 Å². The molecule has 3 aromatic rings. The van der Waals surface area contributed by atoms with Gasteiger partial charge in [0.05, 0.1) is 4.92 Å². The van der Waals surface area contributed by atoms with Gasteiger partial charge in [0.1, 0.15) is 11.5 Å². The minimum Gasteiger partial charge on any atom is -0.302 e. The summed E-state index contributed by atoms with van der Waals surface area (Å²) in [6, 6.07) is 4.96. The summed E-state index contributed by atoms with van der Waals surface area (Å²) in [5.74, 6) is 1.20. The average Bonchev–Trinajstić information content (AvgIpc) is 3.39. The van der Waals surface area contributed by atoms with Crippen LogP contribution >= 0.6 is 11.8 Å². The van der Waals surface area contributed by atoms with Gasteiger partial charge in [0.2, 0.25) is 0 Å². The maximum atomic E-state index is 12.5. The van der Waals surface area contributed by atoms with E-state index in [1.165, 1.54) is 6.20 Å². The molecule has 0 atom stereocenters. The van der Waals surface area contributed by atoms with Gasteiger partial charge in [0, 0.05) is 18.7 Å². The van der Waals surface area contributed by atoms with E-state index in [1.807, 2.05) is 4.57 Å². The van der Waals surface area contributed by atoms with Gasteiger partial charge in [-0.15, -0.1) is 16.8 Å². The molecule has 0 radical (unpaired) electrons. The second-order valence-corrected chi connectivity index (χ2v) is 6.83. The third-order valence-corrected chi connectivity index (χ3v) is 5.01. The predicted molar refractivity (Wildman–Crippen MR) is 94.4 cm³/mol. The van der Waals surface area contributed by atoms with Crippen LogP contribution in [0.15, 0.2) is 52.0 Å². The molecular weight excluding hydrogens is 356 g/mol. The number of allylic oxidation sites excluding steroid dienone is 1.